The molecule has 0 aliphatic heterocycles. The SMILES string of the molecule is Cc1nnc(SCC(=O)Nc2ccc(S(=O)(=O)c3ccc(NC(=O)CSc4nnc(C)s4)cc3)cc2)s1. The third kappa shape index (κ3) is 7.58. The summed E-state index contributed by atoms with van der Waals surface area (Å²) < 4.78 is 27.5. The van der Waals surface area contributed by atoms with Crippen LogP contribution in [0.4, 0.5) is 11.4 Å². The summed E-state index contributed by atoms with van der Waals surface area (Å²) in [5.41, 5.74) is 0.968. The van der Waals surface area contributed by atoms with Crippen molar-refractivity contribution in [1.82, 2.24) is 20.4 Å². The molecule has 15 heteroatoms. The van der Waals surface area contributed by atoms with Crippen molar-refractivity contribution >= 4 is 79.2 Å². The number of thioether (sulfide) groups is 2. The van der Waals surface area contributed by atoms with E-state index in [9.17, 15) is 18.0 Å². The molecule has 2 amide bonds. The van der Waals surface area contributed by atoms with Gasteiger partial charge < -0.3 is 10.6 Å². The van der Waals surface area contributed by atoms with Gasteiger partial charge in [-0.2, -0.15) is 0 Å². The Morgan fingerprint density at radius 3 is 1.41 bits per heavy atom. The van der Waals surface area contributed by atoms with Gasteiger partial charge in [0.2, 0.25) is 21.7 Å². The molecule has 0 fully saturated rings. The van der Waals surface area contributed by atoms with Gasteiger partial charge in [0.15, 0.2) is 8.68 Å². The lowest BCUT2D eigenvalue weighted by atomic mass is 10.3. The minimum Gasteiger partial charge on any atom is -0.325 e. The predicted octanol–water partition coefficient (Wildman–Crippen LogP) is 4.30. The molecule has 0 spiro atoms. The van der Waals surface area contributed by atoms with Crippen molar-refractivity contribution in [2.45, 2.75) is 32.3 Å². The molecule has 2 aromatic heterocycles. The first-order chi connectivity index (χ1) is 17.7. The molecule has 0 aliphatic carbocycles. The number of sulfone groups is 1. The Bertz CT molecular complexity index is 1390. The summed E-state index contributed by atoms with van der Waals surface area (Å²) in [7, 11) is -3.78. The number of hydrogen-bond acceptors (Lipinski definition) is 12. The standard InChI is InChI=1S/C22H20N6O4S5/c1-13-25-27-21(35-13)33-11-19(29)23-15-3-7-17(8-4-15)37(31,32)18-9-5-16(6-10-18)24-20(30)12-34-22-28-26-14(2)36-22/h3-10H,11-12H2,1-2H3,(H,23,29)(H,24,30). The summed E-state index contributed by atoms with van der Waals surface area (Å²) in [6.07, 6.45) is 0. The van der Waals surface area contributed by atoms with E-state index in [1.54, 1.807) is 0 Å². The van der Waals surface area contributed by atoms with E-state index in [0.29, 0.717) is 20.1 Å². The van der Waals surface area contributed by atoms with E-state index in [2.05, 4.69) is 31.0 Å². The Labute approximate surface area is 229 Å². The zero-order valence-corrected chi connectivity index (χ0v) is 23.6. The van der Waals surface area contributed by atoms with Crippen LogP contribution in [0.15, 0.2) is 67.0 Å². The van der Waals surface area contributed by atoms with Gasteiger partial charge in [-0.25, -0.2) is 8.42 Å². The first kappa shape index (κ1) is 27.2. The summed E-state index contributed by atoms with van der Waals surface area (Å²) in [5.74, 6) is -0.137. The number of anilines is 2. The Morgan fingerprint density at radius 2 is 1.08 bits per heavy atom. The molecule has 0 radical (unpaired) electrons. The number of amides is 2. The summed E-state index contributed by atoms with van der Waals surface area (Å²) in [4.78, 5) is 24.6. The minimum atomic E-state index is -3.78. The smallest absolute Gasteiger partial charge is 0.234 e. The molecule has 0 saturated carbocycles. The van der Waals surface area contributed by atoms with E-state index in [0.717, 1.165) is 10.0 Å². The Kier molecular flexibility index (Phi) is 8.91. The summed E-state index contributed by atoms with van der Waals surface area (Å²) in [6, 6.07) is 11.9. The fraction of sp³-hybridized carbons (Fsp3) is 0.182. The Balaban J connectivity index is 1.31. The average Bonchev–Trinajstić information content (AvgIpc) is 3.49. The molecular weight excluding hydrogens is 573 g/mol. The molecule has 2 N–H and O–H groups in total. The fourth-order valence-corrected chi connectivity index (χ4v) is 7.39. The monoisotopic (exact) mass is 592 g/mol. The van der Waals surface area contributed by atoms with E-state index >= 15 is 0 Å². The van der Waals surface area contributed by atoms with E-state index in [1.165, 1.54) is 94.7 Å². The highest BCUT2D eigenvalue weighted by molar-refractivity contribution is 8.01. The summed E-state index contributed by atoms with van der Waals surface area (Å²) in [5, 5.41) is 22.9. The minimum absolute atomic E-state index is 0.0877. The number of carbonyl (C=O) groups is 2. The lowest BCUT2D eigenvalue weighted by Gasteiger charge is -2.09. The molecule has 2 heterocycles. The second-order valence-corrected chi connectivity index (χ2v) is 14.2. The maximum Gasteiger partial charge on any atom is 0.234 e. The Hall–Kier alpha value is -2.85. The van der Waals surface area contributed by atoms with Crippen molar-refractivity contribution in [1.29, 1.82) is 0 Å². The van der Waals surface area contributed by atoms with Gasteiger partial charge >= 0.3 is 0 Å². The van der Waals surface area contributed by atoms with Crippen LogP contribution in [-0.4, -0.2) is 52.1 Å². The van der Waals surface area contributed by atoms with E-state index < -0.39 is 9.84 Å². The second-order valence-electron chi connectivity index (χ2n) is 7.40. The molecule has 0 atom stereocenters. The van der Waals surface area contributed by atoms with Gasteiger partial charge in [0.25, 0.3) is 0 Å². The van der Waals surface area contributed by atoms with Gasteiger partial charge in [-0.15, -0.1) is 20.4 Å². The van der Waals surface area contributed by atoms with Crippen molar-refractivity contribution in [3.8, 4) is 0 Å². The average molecular weight is 593 g/mol. The van der Waals surface area contributed by atoms with Crippen molar-refractivity contribution in [3.63, 3.8) is 0 Å². The van der Waals surface area contributed by atoms with Crippen LogP contribution in [0.5, 0.6) is 0 Å². The largest absolute Gasteiger partial charge is 0.325 e. The van der Waals surface area contributed by atoms with Crippen LogP contribution >= 0.6 is 46.2 Å². The van der Waals surface area contributed by atoms with Gasteiger partial charge in [0.05, 0.1) is 21.3 Å². The normalized spacial score (nSPS) is 11.3. The first-order valence-corrected chi connectivity index (χ1v) is 15.7. The Morgan fingerprint density at radius 1 is 0.703 bits per heavy atom. The van der Waals surface area contributed by atoms with Gasteiger partial charge in [-0.1, -0.05) is 46.2 Å². The lowest BCUT2D eigenvalue weighted by molar-refractivity contribution is -0.114. The molecule has 37 heavy (non-hydrogen) atoms. The van der Waals surface area contributed by atoms with Crippen LogP contribution in [0.2, 0.25) is 0 Å². The molecular formula is C22H20N6O4S5. The van der Waals surface area contributed by atoms with E-state index in [4.69, 9.17) is 0 Å². The fourth-order valence-electron chi connectivity index (χ4n) is 2.89. The van der Waals surface area contributed by atoms with Crippen LogP contribution in [0, 0.1) is 13.8 Å². The van der Waals surface area contributed by atoms with E-state index in [1.807, 2.05) is 13.8 Å². The molecule has 4 aromatic rings. The molecule has 0 aliphatic rings. The quantitative estimate of drug-likeness (QED) is 0.256. The highest BCUT2D eigenvalue weighted by Gasteiger charge is 2.18. The molecule has 0 unspecified atom stereocenters. The number of nitrogens with one attached hydrogen (secondary N) is 2. The molecule has 4 rings (SSSR count). The molecule has 2 aromatic carbocycles. The van der Waals surface area contributed by atoms with Crippen molar-refractivity contribution in [2.75, 3.05) is 22.1 Å². The van der Waals surface area contributed by atoms with Gasteiger partial charge in [-0.05, 0) is 62.4 Å². The third-order valence-electron chi connectivity index (χ3n) is 4.57. The topological polar surface area (TPSA) is 144 Å². The van der Waals surface area contributed by atoms with Crippen LogP contribution in [0.1, 0.15) is 10.0 Å². The number of aryl methyl sites for hydroxylation is 2. The third-order valence-corrected chi connectivity index (χ3v) is 10.3. The van der Waals surface area contributed by atoms with Gasteiger partial charge in [-0.3, -0.25) is 9.59 Å². The number of carbonyl (C=O) groups excluding carboxylic acids is 2. The van der Waals surface area contributed by atoms with Crippen molar-refractivity contribution in [2.24, 2.45) is 0 Å². The second kappa shape index (κ2) is 12.1. The van der Waals surface area contributed by atoms with Gasteiger partial charge in [0, 0.05) is 11.4 Å². The number of nitrogens with zero attached hydrogens (tertiary/aromatic N) is 4. The van der Waals surface area contributed by atoms with Crippen LogP contribution in [0.3, 0.4) is 0 Å². The lowest BCUT2D eigenvalue weighted by Crippen LogP contribution is -2.14. The van der Waals surface area contributed by atoms with Crippen LogP contribution < -0.4 is 10.6 Å². The van der Waals surface area contributed by atoms with Crippen LogP contribution in [0.25, 0.3) is 0 Å². The molecule has 0 bridgehead atoms. The number of benzene rings is 2. The number of rotatable bonds is 10. The molecule has 192 valence electrons. The van der Waals surface area contributed by atoms with E-state index in [-0.39, 0.29) is 33.1 Å². The maximum atomic E-state index is 13.0. The zero-order valence-electron chi connectivity index (χ0n) is 19.5. The predicted molar refractivity (Wildman–Crippen MR) is 146 cm³/mol. The van der Waals surface area contributed by atoms with Crippen molar-refractivity contribution < 1.29 is 18.0 Å². The summed E-state index contributed by atoms with van der Waals surface area (Å²) >= 11 is 5.40. The number of aromatic nitrogens is 4. The van der Waals surface area contributed by atoms with Crippen LogP contribution in [-0.2, 0) is 19.4 Å². The highest BCUT2D eigenvalue weighted by atomic mass is 32.2. The molecule has 0 saturated heterocycles. The zero-order chi connectivity index (χ0) is 26.4. The number of hydrogen-bond donors (Lipinski definition) is 2. The highest BCUT2D eigenvalue weighted by Crippen LogP contribution is 2.26. The molecule has 10 nitrogen and oxygen atoms in total. The summed E-state index contributed by atoms with van der Waals surface area (Å²) in [6.45, 7) is 3.68. The maximum absolute atomic E-state index is 13.0. The van der Waals surface area contributed by atoms with Gasteiger partial charge in [0.1, 0.15) is 10.0 Å². The van der Waals surface area contributed by atoms with Crippen molar-refractivity contribution in [3.05, 3.63) is 58.5 Å². The first-order valence-electron chi connectivity index (χ1n) is 10.6.